The van der Waals surface area contributed by atoms with E-state index in [1.54, 1.807) is 17.0 Å². The first-order chi connectivity index (χ1) is 12.7. The van der Waals surface area contributed by atoms with Gasteiger partial charge in [-0.15, -0.1) is 0 Å². The van der Waals surface area contributed by atoms with Crippen molar-refractivity contribution in [3.8, 4) is 0 Å². The highest BCUT2D eigenvalue weighted by molar-refractivity contribution is 5.86. The van der Waals surface area contributed by atoms with Crippen molar-refractivity contribution in [2.75, 3.05) is 6.54 Å². The molecule has 0 bridgehead atoms. The average Bonchev–Trinajstić information content (AvgIpc) is 3.44. The van der Waals surface area contributed by atoms with Gasteiger partial charge in [0.2, 0.25) is 5.91 Å². The monoisotopic (exact) mass is 376 g/mol. The number of ether oxygens (including phenoxy) is 1. The summed E-state index contributed by atoms with van der Waals surface area (Å²) in [5, 5.41) is 0. The SMILES string of the molecule is CC(C)(C)OC(=O)N1CCCC[C@H]1C(=O)N(Cc1ccc(F)cc1)C1CC1. The molecule has 0 spiro atoms. The summed E-state index contributed by atoms with van der Waals surface area (Å²) in [6.45, 7) is 6.48. The summed E-state index contributed by atoms with van der Waals surface area (Å²) < 4.78 is 18.7. The number of hydrogen-bond donors (Lipinski definition) is 0. The molecule has 1 saturated carbocycles. The van der Waals surface area contributed by atoms with Crippen LogP contribution in [0.5, 0.6) is 0 Å². The number of benzene rings is 1. The highest BCUT2D eigenvalue weighted by atomic mass is 19.1. The van der Waals surface area contributed by atoms with Crippen molar-refractivity contribution in [2.45, 2.75) is 77.1 Å². The Morgan fingerprint density at radius 2 is 1.81 bits per heavy atom. The van der Waals surface area contributed by atoms with Gasteiger partial charge in [-0.05, 0) is 70.6 Å². The van der Waals surface area contributed by atoms with Crippen LogP contribution in [0.25, 0.3) is 0 Å². The van der Waals surface area contributed by atoms with Gasteiger partial charge in [0.05, 0.1) is 0 Å². The van der Waals surface area contributed by atoms with Gasteiger partial charge < -0.3 is 9.64 Å². The van der Waals surface area contributed by atoms with Crippen LogP contribution in [-0.2, 0) is 16.1 Å². The molecule has 3 rings (SSSR count). The van der Waals surface area contributed by atoms with Crippen LogP contribution in [0.2, 0.25) is 0 Å². The Morgan fingerprint density at radius 1 is 1.15 bits per heavy atom. The summed E-state index contributed by atoms with van der Waals surface area (Å²) in [7, 11) is 0. The van der Waals surface area contributed by atoms with Crippen LogP contribution in [0.1, 0.15) is 58.4 Å². The Kier molecular flexibility index (Phi) is 5.72. The highest BCUT2D eigenvalue weighted by Gasteiger charge is 2.41. The fourth-order valence-corrected chi connectivity index (χ4v) is 3.48. The fraction of sp³-hybridized carbons (Fsp3) is 0.619. The van der Waals surface area contributed by atoms with Crippen molar-refractivity contribution in [2.24, 2.45) is 0 Å². The van der Waals surface area contributed by atoms with E-state index in [-0.39, 0.29) is 17.8 Å². The van der Waals surface area contributed by atoms with Crippen LogP contribution < -0.4 is 0 Å². The first-order valence-electron chi connectivity index (χ1n) is 9.79. The van der Waals surface area contributed by atoms with Crippen LogP contribution in [0.4, 0.5) is 9.18 Å². The summed E-state index contributed by atoms with van der Waals surface area (Å²) in [6, 6.07) is 5.99. The molecule has 0 N–H and O–H groups in total. The van der Waals surface area contributed by atoms with Gasteiger partial charge in [0, 0.05) is 19.1 Å². The first-order valence-corrected chi connectivity index (χ1v) is 9.79. The molecule has 1 heterocycles. The Hall–Kier alpha value is -2.11. The minimum absolute atomic E-state index is 0.0209. The van der Waals surface area contributed by atoms with Crippen LogP contribution >= 0.6 is 0 Å². The number of hydrogen-bond acceptors (Lipinski definition) is 3. The van der Waals surface area contributed by atoms with E-state index >= 15 is 0 Å². The normalized spacial score (nSPS) is 20.3. The zero-order valence-electron chi connectivity index (χ0n) is 16.4. The summed E-state index contributed by atoms with van der Waals surface area (Å²) in [5.41, 5.74) is 0.308. The molecule has 2 fully saturated rings. The number of amides is 2. The standard InChI is InChI=1S/C21H29FN2O3/c1-21(2,3)27-20(26)23-13-5-4-6-18(23)19(25)24(17-11-12-17)14-15-7-9-16(22)10-8-15/h7-10,17-18H,4-6,11-14H2,1-3H3/t18-/m0/s1. The zero-order chi connectivity index (χ0) is 19.6. The molecule has 148 valence electrons. The number of carbonyl (C=O) groups is 2. The Balaban J connectivity index is 1.74. The minimum Gasteiger partial charge on any atom is -0.444 e. The Morgan fingerprint density at radius 3 is 2.41 bits per heavy atom. The van der Waals surface area contributed by atoms with Gasteiger partial charge in [0.25, 0.3) is 0 Å². The lowest BCUT2D eigenvalue weighted by Crippen LogP contribution is -2.54. The van der Waals surface area contributed by atoms with Gasteiger partial charge in [-0.1, -0.05) is 12.1 Å². The quantitative estimate of drug-likeness (QED) is 0.795. The maximum absolute atomic E-state index is 13.3. The van der Waals surface area contributed by atoms with E-state index in [0.717, 1.165) is 31.2 Å². The fourth-order valence-electron chi connectivity index (χ4n) is 3.48. The van der Waals surface area contributed by atoms with Crippen LogP contribution in [-0.4, -0.2) is 46.0 Å². The van der Waals surface area contributed by atoms with E-state index in [2.05, 4.69) is 0 Å². The summed E-state index contributed by atoms with van der Waals surface area (Å²) in [6.07, 6.45) is 4.00. The molecular weight excluding hydrogens is 347 g/mol. The van der Waals surface area contributed by atoms with Gasteiger partial charge in [-0.25, -0.2) is 9.18 Å². The highest BCUT2D eigenvalue weighted by Crippen LogP contribution is 2.31. The van der Waals surface area contributed by atoms with Crippen molar-refractivity contribution < 1.29 is 18.7 Å². The smallest absolute Gasteiger partial charge is 0.410 e. The lowest BCUT2D eigenvalue weighted by Gasteiger charge is -2.38. The third-order valence-corrected chi connectivity index (χ3v) is 4.95. The van der Waals surface area contributed by atoms with E-state index in [0.29, 0.717) is 19.5 Å². The van der Waals surface area contributed by atoms with Crippen molar-refractivity contribution in [1.29, 1.82) is 0 Å². The molecule has 0 unspecified atom stereocenters. The van der Waals surface area contributed by atoms with E-state index in [1.165, 1.54) is 12.1 Å². The second-order valence-electron chi connectivity index (χ2n) is 8.51. The minimum atomic E-state index is -0.591. The molecule has 6 heteroatoms. The second-order valence-corrected chi connectivity index (χ2v) is 8.51. The molecule has 2 aliphatic rings. The Labute approximate surface area is 160 Å². The number of piperidine rings is 1. The zero-order valence-corrected chi connectivity index (χ0v) is 16.4. The molecule has 1 aromatic carbocycles. The molecule has 1 aliphatic heterocycles. The van der Waals surface area contributed by atoms with Gasteiger partial charge in [-0.2, -0.15) is 0 Å². The van der Waals surface area contributed by atoms with Crippen molar-refractivity contribution in [1.82, 2.24) is 9.80 Å². The van der Waals surface area contributed by atoms with Crippen molar-refractivity contribution >= 4 is 12.0 Å². The summed E-state index contributed by atoms with van der Waals surface area (Å²) in [4.78, 5) is 29.4. The predicted octanol–water partition coefficient (Wildman–Crippen LogP) is 4.11. The average molecular weight is 376 g/mol. The van der Waals surface area contributed by atoms with Crippen LogP contribution in [0.3, 0.4) is 0 Å². The number of likely N-dealkylation sites (tertiary alicyclic amines) is 1. The summed E-state index contributed by atoms with van der Waals surface area (Å²) >= 11 is 0. The molecular formula is C21H29FN2O3. The third kappa shape index (κ3) is 5.21. The number of halogens is 1. The molecule has 1 atom stereocenters. The van der Waals surface area contributed by atoms with E-state index in [9.17, 15) is 14.0 Å². The van der Waals surface area contributed by atoms with Crippen LogP contribution in [0, 0.1) is 5.82 Å². The van der Waals surface area contributed by atoms with Gasteiger partial charge in [-0.3, -0.25) is 9.69 Å². The largest absolute Gasteiger partial charge is 0.444 e. The maximum Gasteiger partial charge on any atom is 0.410 e. The van der Waals surface area contributed by atoms with Gasteiger partial charge in [0.1, 0.15) is 17.5 Å². The van der Waals surface area contributed by atoms with E-state index < -0.39 is 17.7 Å². The number of rotatable bonds is 4. The molecule has 1 aromatic rings. The Bertz CT molecular complexity index is 680. The number of nitrogens with zero attached hydrogens (tertiary/aromatic N) is 2. The molecule has 27 heavy (non-hydrogen) atoms. The number of carbonyl (C=O) groups excluding carboxylic acids is 2. The lowest BCUT2D eigenvalue weighted by molar-refractivity contribution is -0.139. The topological polar surface area (TPSA) is 49.9 Å². The molecule has 1 aliphatic carbocycles. The molecule has 2 amide bonds. The summed E-state index contributed by atoms with van der Waals surface area (Å²) in [5.74, 6) is -0.307. The van der Waals surface area contributed by atoms with Crippen molar-refractivity contribution in [3.63, 3.8) is 0 Å². The van der Waals surface area contributed by atoms with Crippen molar-refractivity contribution in [3.05, 3.63) is 35.6 Å². The molecule has 0 aromatic heterocycles. The molecule has 0 radical (unpaired) electrons. The maximum atomic E-state index is 13.3. The van der Waals surface area contributed by atoms with E-state index in [1.807, 2.05) is 25.7 Å². The van der Waals surface area contributed by atoms with Crippen LogP contribution in [0.15, 0.2) is 24.3 Å². The van der Waals surface area contributed by atoms with Gasteiger partial charge in [0.15, 0.2) is 0 Å². The predicted molar refractivity (Wildman–Crippen MR) is 101 cm³/mol. The molecule has 5 nitrogen and oxygen atoms in total. The molecule has 1 saturated heterocycles. The first kappa shape index (κ1) is 19.6. The third-order valence-electron chi connectivity index (χ3n) is 4.95. The lowest BCUT2D eigenvalue weighted by atomic mass is 10.0. The second kappa shape index (κ2) is 7.87. The van der Waals surface area contributed by atoms with Gasteiger partial charge >= 0.3 is 6.09 Å². The van der Waals surface area contributed by atoms with E-state index in [4.69, 9.17) is 4.74 Å².